The van der Waals surface area contributed by atoms with E-state index in [2.05, 4.69) is 13.0 Å². The van der Waals surface area contributed by atoms with E-state index in [1.54, 1.807) is 11.0 Å². The Kier molecular flexibility index (Phi) is 3.24. The first-order valence-corrected chi connectivity index (χ1v) is 7.30. The number of nitrogens with two attached hydrogens (primary N) is 1. The second kappa shape index (κ2) is 4.95. The molecule has 2 N–H and O–H groups in total. The lowest BCUT2D eigenvalue weighted by molar-refractivity contribution is 0.0984. The first-order valence-electron chi connectivity index (χ1n) is 7.30. The van der Waals surface area contributed by atoms with Crippen LogP contribution in [-0.2, 0) is 0 Å². The molecule has 1 aromatic carbocycles. The highest BCUT2D eigenvalue weighted by atomic mass is 16.2. The molecule has 0 radical (unpaired) electrons. The van der Waals surface area contributed by atoms with Crippen LogP contribution in [0.5, 0.6) is 0 Å². The molecule has 21 heavy (non-hydrogen) atoms. The van der Waals surface area contributed by atoms with Crippen LogP contribution in [-0.4, -0.2) is 17.5 Å². The van der Waals surface area contributed by atoms with Gasteiger partial charge in [-0.25, -0.2) is 0 Å². The van der Waals surface area contributed by atoms with Gasteiger partial charge >= 0.3 is 0 Å². The molecule has 2 aromatic rings. The summed E-state index contributed by atoms with van der Waals surface area (Å²) in [5, 5.41) is 0. The number of aromatic nitrogens is 1. The van der Waals surface area contributed by atoms with Crippen molar-refractivity contribution >= 4 is 17.3 Å². The number of carbonyl (C=O) groups excluding carboxylic acids is 1. The fourth-order valence-electron chi connectivity index (χ4n) is 2.79. The van der Waals surface area contributed by atoms with Crippen molar-refractivity contribution in [2.45, 2.75) is 32.7 Å². The average Bonchev–Trinajstić information content (AvgIpc) is 3.20. The van der Waals surface area contributed by atoms with Gasteiger partial charge in [0.05, 0.1) is 5.69 Å². The number of nitrogen functional groups attached to an aromatic ring is 1. The van der Waals surface area contributed by atoms with Gasteiger partial charge in [-0.15, -0.1) is 0 Å². The topological polar surface area (TPSA) is 51.3 Å². The molecule has 0 aliphatic heterocycles. The number of amides is 1. The summed E-state index contributed by atoms with van der Waals surface area (Å²) in [4.78, 5) is 14.5. The summed E-state index contributed by atoms with van der Waals surface area (Å²) in [5.41, 5.74) is 10.4. The fourth-order valence-corrected chi connectivity index (χ4v) is 2.79. The van der Waals surface area contributed by atoms with Gasteiger partial charge in [-0.2, -0.15) is 0 Å². The maximum Gasteiger partial charge on any atom is 0.274 e. The molecule has 1 saturated carbocycles. The Bertz CT molecular complexity index is 698. The Morgan fingerprint density at radius 2 is 2.00 bits per heavy atom. The van der Waals surface area contributed by atoms with Crippen LogP contribution < -0.4 is 10.6 Å². The van der Waals surface area contributed by atoms with Crippen LogP contribution in [0.4, 0.5) is 11.4 Å². The summed E-state index contributed by atoms with van der Waals surface area (Å²) in [5.74, 6) is -0.00875. The molecule has 1 aliphatic carbocycles. The minimum atomic E-state index is -0.00875. The highest BCUT2D eigenvalue weighted by Crippen LogP contribution is 2.37. The molecular formula is C17H21N3O. The second-order valence-corrected chi connectivity index (χ2v) is 5.95. The van der Waals surface area contributed by atoms with Crippen LogP contribution in [0.15, 0.2) is 30.5 Å². The summed E-state index contributed by atoms with van der Waals surface area (Å²) in [7, 11) is 1.82. The minimum absolute atomic E-state index is 0.00875. The number of aryl methyl sites for hydroxylation is 2. The van der Waals surface area contributed by atoms with Crippen molar-refractivity contribution in [3.8, 4) is 0 Å². The first kappa shape index (κ1) is 13.7. The smallest absolute Gasteiger partial charge is 0.274 e. The largest absolute Gasteiger partial charge is 0.397 e. The monoisotopic (exact) mass is 283 g/mol. The molecule has 0 unspecified atom stereocenters. The highest BCUT2D eigenvalue weighted by Gasteiger charge is 2.29. The standard InChI is InChI=1S/C17H21N3O/c1-11-4-7-15(12(2)8-11)19(3)17(21)16-9-13(18)10-20(16)14-5-6-14/h4,7-10,14H,5-6,18H2,1-3H3. The Morgan fingerprint density at radius 1 is 1.29 bits per heavy atom. The van der Waals surface area contributed by atoms with Gasteiger partial charge in [-0.1, -0.05) is 17.7 Å². The van der Waals surface area contributed by atoms with Gasteiger partial charge in [0.25, 0.3) is 5.91 Å². The summed E-state index contributed by atoms with van der Waals surface area (Å²) >= 11 is 0. The summed E-state index contributed by atoms with van der Waals surface area (Å²) < 4.78 is 2.03. The normalized spacial score (nSPS) is 14.2. The molecule has 1 fully saturated rings. The van der Waals surface area contributed by atoms with Crippen LogP contribution in [0.25, 0.3) is 0 Å². The van der Waals surface area contributed by atoms with E-state index in [9.17, 15) is 4.79 Å². The van der Waals surface area contributed by atoms with Gasteiger partial charge < -0.3 is 15.2 Å². The molecule has 4 nitrogen and oxygen atoms in total. The van der Waals surface area contributed by atoms with Crippen molar-refractivity contribution in [3.63, 3.8) is 0 Å². The van der Waals surface area contributed by atoms with Crippen molar-refractivity contribution < 1.29 is 4.79 Å². The third-order valence-electron chi connectivity index (χ3n) is 4.05. The molecule has 1 heterocycles. The van der Waals surface area contributed by atoms with Crippen molar-refractivity contribution in [1.82, 2.24) is 4.57 Å². The molecule has 4 heteroatoms. The second-order valence-electron chi connectivity index (χ2n) is 5.95. The SMILES string of the molecule is Cc1ccc(N(C)C(=O)c2cc(N)cn2C2CC2)c(C)c1. The number of nitrogens with zero attached hydrogens (tertiary/aromatic N) is 2. The maximum absolute atomic E-state index is 12.8. The van der Waals surface area contributed by atoms with Crippen LogP contribution in [0.2, 0.25) is 0 Å². The lowest BCUT2D eigenvalue weighted by Crippen LogP contribution is -2.28. The van der Waals surface area contributed by atoms with Crippen LogP contribution in [0.3, 0.4) is 0 Å². The van der Waals surface area contributed by atoms with Crippen LogP contribution in [0, 0.1) is 13.8 Å². The molecular weight excluding hydrogens is 262 g/mol. The molecule has 0 spiro atoms. The van der Waals surface area contributed by atoms with E-state index in [1.807, 2.05) is 36.9 Å². The zero-order valence-electron chi connectivity index (χ0n) is 12.8. The molecule has 0 saturated heterocycles. The highest BCUT2D eigenvalue weighted by molar-refractivity contribution is 6.05. The molecule has 1 aromatic heterocycles. The van der Waals surface area contributed by atoms with Crippen molar-refractivity contribution in [2.75, 3.05) is 17.7 Å². The van der Waals surface area contributed by atoms with Gasteiger partial charge in [0.2, 0.25) is 0 Å². The number of benzene rings is 1. The molecule has 1 amide bonds. The molecule has 110 valence electrons. The van der Waals surface area contributed by atoms with E-state index in [0.717, 1.165) is 24.1 Å². The van der Waals surface area contributed by atoms with Gasteiger partial charge in [-0.05, 0) is 44.4 Å². The van der Waals surface area contributed by atoms with Gasteiger partial charge in [-0.3, -0.25) is 4.79 Å². The molecule has 3 rings (SSSR count). The van der Waals surface area contributed by atoms with Crippen LogP contribution >= 0.6 is 0 Å². The predicted octanol–water partition coefficient (Wildman–Crippen LogP) is 3.30. The maximum atomic E-state index is 12.8. The summed E-state index contributed by atoms with van der Waals surface area (Å²) in [6.07, 6.45) is 4.13. The van der Waals surface area contributed by atoms with E-state index >= 15 is 0 Å². The number of hydrogen-bond acceptors (Lipinski definition) is 2. The van der Waals surface area contributed by atoms with Crippen molar-refractivity contribution in [1.29, 1.82) is 0 Å². The number of rotatable bonds is 3. The fraction of sp³-hybridized carbons (Fsp3) is 0.353. The van der Waals surface area contributed by atoms with Crippen LogP contribution in [0.1, 0.15) is 40.5 Å². The van der Waals surface area contributed by atoms with Gasteiger partial charge in [0.15, 0.2) is 0 Å². The number of hydrogen-bond donors (Lipinski definition) is 1. The lowest BCUT2D eigenvalue weighted by atomic mass is 10.1. The Morgan fingerprint density at radius 3 is 2.62 bits per heavy atom. The number of carbonyl (C=O) groups is 1. The summed E-state index contributed by atoms with van der Waals surface area (Å²) in [6.45, 7) is 4.08. The molecule has 0 bridgehead atoms. The molecule has 1 aliphatic rings. The Balaban J connectivity index is 1.94. The van der Waals surface area contributed by atoms with E-state index in [-0.39, 0.29) is 5.91 Å². The lowest BCUT2D eigenvalue weighted by Gasteiger charge is -2.20. The van der Waals surface area contributed by atoms with Gasteiger partial charge in [0, 0.05) is 25.0 Å². The Labute approximate surface area is 125 Å². The minimum Gasteiger partial charge on any atom is -0.397 e. The zero-order valence-corrected chi connectivity index (χ0v) is 12.8. The van der Waals surface area contributed by atoms with Crippen molar-refractivity contribution in [2.24, 2.45) is 0 Å². The van der Waals surface area contributed by atoms with Gasteiger partial charge in [0.1, 0.15) is 5.69 Å². The quantitative estimate of drug-likeness (QED) is 0.939. The first-order chi connectivity index (χ1) is 9.97. The average molecular weight is 283 g/mol. The Hall–Kier alpha value is -2.23. The van der Waals surface area contributed by atoms with E-state index < -0.39 is 0 Å². The molecule has 0 atom stereocenters. The predicted molar refractivity (Wildman–Crippen MR) is 85.8 cm³/mol. The third-order valence-corrected chi connectivity index (χ3v) is 4.05. The summed E-state index contributed by atoms with van der Waals surface area (Å²) in [6, 6.07) is 8.33. The van der Waals surface area contributed by atoms with E-state index in [4.69, 9.17) is 5.73 Å². The third kappa shape index (κ3) is 2.53. The van der Waals surface area contributed by atoms with E-state index in [1.165, 1.54) is 5.56 Å². The number of anilines is 2. The zero-order chi connectivity index (χ0) is 15.1. The van der Waals surface area contributed by atoms with Crippen molar-refractivity contribution in [3.05, 3.63) is 47.3 Å². The van der Waals surface area contributed by atoms with E-state index in [0.29, 0.717) is 17.4 Å².